The standard InChI is InChI=1S/C34H39ClFN7O2/c1-22-17-26-28(19-43(22)29-10-6-8-24-7-5-9-27(35)30(24)29)38-33(45-21-34(12-13-34)20-40(3)4)39-31(26)41-15-16-42(32(44)23(2)36)25(18-41)11-14-37/h5-10,22,25H,2,11-13,15-21H2,1,3-4H3/t22-,25?/m0/s1. The van der Waals surface area contributed by atoms with Crippen LogP contribution in [0.4, 0.5) is 15.9 Å². The summed E-state index contributed by atoms with van der Waals surface area (Å²) in [5, 5.41) is 12.3. The van der Waals surface area contributed by atoms with Crippen LogP contribution in [0.1, 0.15) is 37.4 Å². The van der Waals surface area contributed by atoms with Crippen LogP contribution in [0.5, 0.6) is 6.01 Å². The highest BCUT2D eigenvalue weighted by Gasteiger charge is 2.44. The van der Waals surface area contributed by atoms with Gasteiger partial charge in [-0.1, -0.05) is 42.4 Å². The number of nitrogens with zero attached hydrogens (tertiary/aromatic N) is 7. The molecule has 0 N–H and O–H groups in total. The molecule has 0 spiro atoms. The second kappa shape index (κ2) is 12.5. The zero-order chi connectivity index (χ0) is 31.9. The molecule has 2 fully saturated rings. The number of rotatable bonds is 9. The normalized spacial score (nSPS) is 20.6. The molecule has 1 saturated carbocycles. The van der Waals surface area contributed by atoms with Crippen molar-refractivity contribution in [2.24, 2.45) is 5.41 Å². The number of amides is 1. The number of halogens is 2. The van der Waals surface area contributed by atoms with E-state index in [1.807, 2.05) is 12.1 Å². The number of anilines is 2. The molecule has 1 aromatic heterocycles. The lowest BCUT2D eigenvalue weighted by Crippen LogP contribution is -2.56. The van der Waals surface area contributed by atoms with E-state index < -0.39 is 17.8 Å². The fourth-order valence-electron chi connectivity index (χ4n) is 6.89. The Morgan fingerprint density at radius 2 is 1.98 bits per heavy atom. The lowest BCUT2D eigenvalue weighted by Gasteiger charge is -2.43. The largest absolute Gasteiger partial charge is 0.463 e. The Kier molecular flexibility index (Phi) is 8.59. The number of fused-ring (bicyclic) bond motifs is 2. The number of carbonyl (C=O) groups excluding carboxylic acids is 1. The van der Waals surface area contributed by atoms with Gasteiger partial charge in [0.2, 0.25) is 0 Å². The minimum absolute atomic E-state index is 0.0746. The van der Waals surface area contributed by atoms with E-state index in [2.05, 4.69) is 72.6 Å². The molecule has 11 heteroatoms. The Bertz CT molecular complexity index is 1660. The average Bonchev–Trinajstić information content (AvgIpc) is 3.77. The van der Waals surface area contributed by atoms with E-state index in [0.717, 1.165) is 52.9 Å². The SMILES string of the molecule is C=C(F)C(=O)N1CCN(c2nc(OCC3(CN(C)C)CC3)nc3c2C[C@H](C)N(c2cccc4cccc(Cl)c24)C3)CC1CC#N. The quantitative estimate of drug-likeness (QED) is 0.291. The van der Waals surface area contributed by atoms with Gasteiger partial charge in [0.1, 0.15) is 5.82 Å². The molecule has 1 saturated heterocycles. The third kappa shape index (κ3) is 6.29. The van der Waals surface area contributed by atoms with E-state index in [9.17, 15) is 14.4 Å². The molecule has 2 aliphatic heterocycles. The van der Waals surface area contributed by atoms with Gasteiger partial charge in [-0.2, -0.15) is 15.2 Å². The maximum Gasteiger partial charge on any atom is 0.318 e. The molecule has 3 aromatic rings. The van der Waals surface area contributed by atoms with Crippen LogP contribution in [0.15, 0.2) is 48.8 Å². The zero-order valence-electron chi connectivity index (χ0n) is 26.1. The number of carbonyl (C=O) groups is 1. The van der Waals surface area contributed by atoms with Crippen molar-refractivity contribution in [2.45, 2.75) is 51.2 Å². The van der Waals surface area contributed by atoms with Crippen LogP contribution in [-0.4, -0.2) is 84.6 Å². The van der Waals surface area contributed by atoms with Gasteiger partial charge in [-0.05, 0) is 57.8 Å². The van der Waals surface area contributed by atoms with Crippen LogP contribution in [0.2, 0.25) is 5.02 Å². The Hall–Kier alpha value is -3.94. The van der Waals surface area contributed by atoms with Crippen molar-refractivity contribution in [1.82, 2.24) is 19.8 Å². The highest BCUT2D eigenvalue weighted by Crippen LogP contribution is 2.46. The first-order chi connectivity index (χ1) is 21.6. The predicted octanol–water partition coefficient (Wildman–Crippen LogP) is 5.37. The molecule has 0 radical (unpaired) electrons. The minimum atomic E-state index is -1.02. The molecular formula is C34H39ClFN7O2. The third-order valence-corrected chi connectivity index (χ3v) is 9.58. The van der Waals surface area contributed by atoms with Crippen molar-refractivity contribution in [1.29, 1.82) is 5.26 Å². The second-order valence-electron chi connectivity index (χ2n) is 12.9. The summed E-state index contributed by atoms with van der Waals surface area (Å²) in [6.07, 6.45) is 2.95. The van der Waals surface area contributed by atoms with Crippen molar-refractivity contribution in [3.05, 3.63) is 65.1 Å². The Morgan fingerprint density at radius 1 is 1.22 bits per heavy atom. The molecule has 1 unspecified atom stereocenters. The minimum Gasteiger partial charge on any atom is -0.463 e. The van der Waals surface area contributed by atoms with Crippen LogP contribution in [0, 0.1) is 16.7 Å². The lowest BCUT2D eigenvalue weighted by molar-refractivity contribution is -0.131. The molecule has 0 bridgehead atoms. The van der Waals surface area contributed by atoms with Gasteiger partial charge in [0, 0.05) is 54.3 Å². The van der Waals surface area contributed by atoms with Gasteiger partial charge in [-0.25, -0.2) is 4.39 Å². The molecule has 9 nitrogen and oxygen atoms in total. The summed E-state index contributed by atoms with van der Waals surface area (Å²) in [6, 6.07) is 14.3. The predicted molar refractivity (Wildman–Crippen MR) is 174 cm³/mol. The first-order valence-electron chi connectivity index (χ1n) is 15.5. The summed E-state index contributed by atoms with van der Waals surface area (Å²) in [4.78, 5) is 30.6. The summed E-state index contributed by atoms with van der Waals surface area (Å²) in [7, 11) is 4.15. The van der Waals surface area contributed by atoms with E-state index in [1.54, 1.807) is 0 Å². The van der Waals surface area contributed by atoms with Crippen molar-refractivity contribution in [2.75, 3.05) is 56.7 Å². The van der Waals surface area contributed by atoms with Gasteiger partial charge in [0.25, 0.3) is 5.91 Å². The van der Waals surface area contributed by atoms with Crippen LogP contribution < -0.4 is 14.5 Å². The van der Waals surface area contributed by atoms with Gasteiger partial charge < -0.3 is 24.3 Å². The topological polar surface area (TPSA) is 88.8 Å². The van der Waals surface area contributed by atoms with Crippen LogP contribution in [0.25, 0.3) is 10.8 Å². The van der Waals surface area contributed by atoms with E-state index in [4.69, 9.17) is 26.3 Å². The highest BCUT2D eigenvalue weighted by atomic mass is 35.5. The zero-order valence-corrected chi connectivity index (χ0v) is 26.9. The number of benzene rings is 2. The maximum absolute atomic E-state index is 13.9. The lowest BCUT2D eigenvalue weighted by atomic mass is 9.96. The Balaban J connectivity index is 1.37. The highest BCUT2D eigenvalue weighted by molar-refractivity contribution is 6.36. The summed E-state index contributed by atoms with van der Waals surface area (Å²) >= 11 is 6.74. The summed E-state index contributed by atoms with van der Waals surface area (Å²) in [5.74, 6) is -1.03. The molecule has 1 aliphatic carbocycles. The first kappa shape index (κ1) is 31.1. The molecule has 3 heterocycles. The van der Waals surface area contributed by atoms with Crippen molar-refractivity contribution >= 4 is 39.8 Å². The second-order valence-corrected chi connectivity index (χ2v) is 13.4. The Labute approximate surface area is 268 Å². The number of piperazine rings is 1. The van der Waals surface area contributed by atoms with Gasteiger partial charge in [0.05, 0.1) is 42.4 Å². The van der Waals surface area contributed by atoms with Crippen molar-refractivity contribution < 1.29 is 13.9 Å². The van der Waals surface area contributed by atoms with Gasteiger partial charge in [-0.15, -0.1) is 0 Å². The van der Waals surface area contributed by atoms with Crippen molar-refractivity contribution in [3.8, 4) is 12.1 Å². The third-order valence-electron chi connectivity index (χ3n) is 9.26. The van der Waals surface area contributed by atoms with Gasteiger partial charge in [-0.3, -0.25) is 4.79 Å². The molecule has 2 aromatic carbocycles. The molecule has 3 aliphatic rings. The summed E-state index contributed by atoms with van der Waals surface area (Å²) in [6.45, 7) is 8.42. The fourth-order valence-corrected chi connectivity index (χ4v) is 7.16. The first-order valence-corrected chi connectivity index (χ1v) is 15.9. The van der Waals surface area contributed by atoms with E-state index >= 15 is 0 Å². The smallest absolute Gasteiger partial charge is 0.318 e. The number of ether oxygens (including phenoxy) is 1. The molecule has 1 amide bonds. The van der Waals surface area contributed by atoms with E-state index in [-0.39, 0.29) is 24.4 Å². The number of hydrogen-bond donors (Lipinski definition) is 0. The number of hydrogen-bond acceptors (Lipinski definition) is 8. The monoisotopic (exact) mass is 631 g/mol. The van der Waals surface area contributed by atoms with Crippen molar-refractivity contribution in [3.63, 3.8) is 0 Å². The summed E-state index contributed by atoms with van der Waals surface area (Å²) in [5.41, 5.74) is 3.05. The number of nitriles is 1. The van der Waals surface area contributed by atoms with Crippen LogP contribution in [0.3, 0.4) is 0 Å². The van der Waals surface area contributed by atoms with Gasteiger partial charge >= 0.3 is 6.01 Å². The van der Waals surface area contributed by atoms with E-state index in [1.165, 1.54) is 4.90 Å². The molecule has 6 rings (SSSR count). The summed E-state index contributed by atoms with van der Waals surface area (Å²) < 4.78 is 20.2. The van der Waals surface area contributed by atoms with E-state index in [0.29, 0.717) is 43.7 Å². The van der Waals surface area contributed by atoms with Crippen LogP contribution in [-0.2, 0) is 17.8 Å². The molecule has 236 valence electrons. The number of aromatic nitrogens is 2. The fraction of sp³-hybridized carbons (Fsp3) is 0.471. The maximum atomic E-state index is 13.9. The molecule has 2 atom stereocenters. The molecule has 45 heavy (non-hydrogen) atoms. The average molecular weight is 632 g/mol. The Morgan fingerprint density at radius 3 is 2.67 bits per heavy atom. The van der Waals surface area contributed by atoms with Gasteiger partial charge in [0.15, 0.2) is 5.83 Å². The molecular weight excluding hydrogens is 593 g/mol. The van der Waals surface area contributed by atoms with Crippen LogP contribution >= 0.6 is 11.6 Å².